The van der Waals surface area contributed by atoms with Gasteiger partial charge in [0.25, 0.3) is 0 Å². The summed E-state index contributed by atoms with van der Waals surface area (Å²) in [6.45, 7) is 1.38. The molecule has 3 rings (SSSR count). The summed E-state index contributed by atoms with van der Waals surface area (Å²) in [7, 11) is 0. The van der Waals surface area contributed by atoms with E-state index in [2.05, 4.69) is 10.5 Å². The van der Waals surface area contributed by atoms with Crippen LogP contribution in [0.2, 0.25) is 0 Å². The SMILES string of the molecule is CC(=O)NC[C@H]1CN(c2cc(F)c(-c3ccc(/C=N/O)c(F)c3)c(F)c2)C(=O)O1. The molecule has 7 nitrogen and oxygen atoms in total. The average molecular weight is 407 g/mol. The molecule has 29 heavy (non-hydrogen) atoms. The van der Waals surface area contributed by atoms with Gasteiger partial charge in [0.15, 0.2) is 0 Å². The van der Waals surface area contributed by atoms with Gasteiger partial charge in [-0.25, -0.2) is 18.0 Å². The molecular formula is C19H16F3N3O4. The van der Waals surface area contributed by atoms with Crippen LogP contribution in [0.3, 0.4) is 0 Å². The van der Waals surface area contributed by atoms with E-state index < -0.39 is 35.2 Å². The number of carbonyl (C=O) groups excluding carboxylic acids is 2. The Balaban J connectivity index is 1.87. The molecule has 10 heteroatoms. The number of hydrogen-bond acceptors (Lipinski definition) is 5. The second kappa shape index (κ2) is 8.21. The van der Waals surface area contributed by atoms with Crippen molar-refractivity contribution < 1.29 is 32.7 Å². The monoisotopic (exact) mass is 407 g/mol. The topological polar surface area (TPSA) is 91.2 Å². The largest absolute Gasteiger partial charge is 0.442 e. The molecule has 1 fully saturated rings. The summed E-state index contributed by atoms with van der Waals surface area (Å²) >= 11 is 0. The second-order valence-corrected chi connectivity index (χ2v) is 6.32. The van der Waals surface area contributed by atoms with Gasteiger partial charge < -0.3 is 15.3 Å². The van der Waals surface area contributed by atoms with Gasteiger partial charge >= 0.3 is 6.09 Å². The summed E-state index contributed by atoms with van der Waals surface area (Å²) in [4.78, 5) is 24.0. The Bertz CT molecular complexity index is 974. The molecular weight excluding hydrogens is 391 g/mol. The van der Waals surface area contributed by atoms with Crippen molar-refractivity contribution in [2.75, 3.05) is 18.0 Å². The van der Waals surface area contributed by atoms with Crippen LogP contribution in [0.4, 0.5) is 23.7 Å². The summed E-state index contributed by atoms with van der Waals surface area (Å²) < 4.78 is 48.3. The Kier molecular flexibility index (Phi) is 5.71. The van der Waals surface area contributed by atoms with Gasteiger partial charge in [-0.3, -0.25) is 9.69 Å². The number of benzene rings is 2. The highest BCUT2D eigenvalue weighted by atomic mass is 19.1. The molecule has 0 saturated carbocycles. The minimum atomic E-state index is -0.999. The molecule has 1 heterocycles. The maximum absolute atomic E-state index is 14.6. The van der Waals surface area contributed by atoms with Crippen LogP contribution in [0.1, 0.15) is 12.5 Å². The maximum atomic E-state index is 14.6. The third-order valence-electron chi connectivity index (χ3n) is 4.28. The third kappa shape index (κ3) is 4.31. The van der Waals surface area contributed by atoms with E-state index in [-0.39, 0.29) is 35.8 Å². The highest BCUT2D eigenvalue weighted by Crippen LogP contribution is 2.32. The summed E-state index contributed by atoms with van der Waals surface area (Å²) in [5.41, 5.74) is -0.656. The number of rotatable bonds is 5. The van der Waals surface area contributed by atoms with Crippen molar-refractivity contribution in [3.05, 3.63) is 53.3 Å². The first-order valence-corrected chi connectivity index (χ1v) is 8.49. The third-order valence-corrected chi connectivity index (χ3v) is 4.28. The van der Waals surface area contributed by atoms with Crippen molar-refractivity contribution in [1.82, 2.24) is 5.32 Å². The molecule has 0 bridgehead atoms. The molecule has 1 atom stereocenters. The number of anilines is 1. The van der Waals surface area contributed by atoms with Gasteiger partial charge in [0.2, 0.25) is 5.91 Å². The highest BCUT2D eigenvalue weighted by Gasteiger charge is 2.33. The fraction of sp³-hybridized carbons (Fsp3) is 0.211. The Morgan fingerprint density at radius 3 is 2.55 bits per heavy atom. The van der Waals surface area contributed by atoms with Gasteiger partial charge in [0.1, 0.15) is 23.6 Å². The van der Waals surface area contributed by atoms with Crippen LogP contribution in [-0.4, -0.2) is 42.6 Å². The quantitative estimate of drug-likeness (QED) is 0.453. The lowest BCUT2D eigenvalue weighted by molar-refractivity contribution is -0.119. The molecule has 1 aliphatic rings. The van der Waals surface area contributed by atoms with E-state index in [0.29, 0.717) is 0 Å². The Hall–Kier alpha value is -3.56. The molecule has 152 valence electrons. The molecule has 0 radical (unpaired) electrons. The van der Waals surface area contributed by atoms with E-state index in [0.717, 1.165) is 29.3 Å². The van der Waals surface area contributed by atoms with Gasteiger partial charge in [-0.1, -0.05) is 11.2 Å². The molecule has 2 aromatic carbocycles. The zero-order valence-electron chi connectivity index (χ0n) is 15.2. The van der Waals surface area contributed by atoms with Gasteiger partial charge in [0, 0.05) is 12.5 Å². The zero-order chi connectivity index (χ0) is 21.1. The van der Waals surface area contributed by atoms with E-state index in [1.165, 1.54) is 19.1 Å². The molecule has 1 aliphatic heterocycles. The fourth-order valence-corrected chi connectivity index (χ4v) is 2.94. The summed E-state index contributed by atoms with van der Waals surface area (Å²) in [6, 6.07) is 5.28. The first kappa shape index (κ1) is 20.2. The number of amides is 2. The molecule has 1 saturated heterocycles. The summed E-state index contributed by atoms with van der Waals surface area (Å²) in [5, 5.41) is 13.7. The maximum Gasteiger partial charge on any atom is 0.414 e. The van der Waals surface area contributed by atoms with Crippen LogP contribution < -0.4 is 10.2 Å². The Morgan fingerprint density at radius 2 is 1.97 bits per heavy atom. The lowest BCUT2D eigenvalue weighted by Gasteiger charge is -2.15. The zero-order valence-corrected chi connectivity index (χ0v) is 15.2. The van der Waals surface area contributed by atoms with Crippen molar-refractivity contribution in [2.24, 2.45) is 5.16 Å². The van der Waals surface area contributed by atoms with E-state index in [4.69, 9.17) is 9.94 Å². The molecule has 0 unspecified atom stereocenters. The highest BCUT2D eigenvalue weighted by molar-refractivity contribution is 5.90. The van der Waals surface area contributed by atoms with Crippen LogP contribution in [0.25, 0.3) is 11.1 Å². The lowest BCUT2D eigenvalue weighted by atomic mass is 10.0. The number of nitrogens with zero attached hydrogens (tertiary/aromatic N) is 2. The first-order chi connectivity index (χ1) is 13.8. The number of oxime groups is 1. The number of ether oxygens (including phenoxy) is 1. The van der Waals surface area contributed by atoms with Crippen molar-refractivity contribution in [3.8, 4) is 11.1 Å². The predicted octanol–water partition coefficient (Wildman–Crippen LogP) is 3.04. The Labute approximate surface area is 163 Å². The average Bonchev–Trinajstić information content (AvgIpc) is 3.02. The van der Waals surface area contributed by atoms with Crippen LogP contribution >= 0.6 is 0 Å². The van der Waals surface area contributed by atoms with E-state index in [9.17, 15) is 22.8 Å². The van der Waals surface area contributed by atoms with Crippen LogP contribution in [-0.2, 0) is 9.53 Å². The molecule has 2 N–H and O–H groups in total. The minimum Gasteiger partial charge on any atom is -0.442 e. The van der Waals surface area contributed by atoms with Crippen LogP contribution in [0.15, 0.2) is 35.5 Å². The van der Waals surface area contributed by atoms with Crippen molar-refractivity contribution in [2.45, 2.75) is 13.0 Å². The molecule has 0 aliphatic carbocycles. The molecule has 0 spiro atoms. The number of nitrogens with one attached hydrogen (secondary N) is 1. The summed E-state index contributed by atoms with van der Waals surface area (Å²) in [6.07, 6.45) is -0.608. The normalized spacial score (nSPS) is 16.3. The van der Waals surface area contributed by atoms with Crippen LogP contribution in [0, 0.1) is 17.5 Å². The number of hydrogen-bond donors (Lipinski definition) is 2. The smallest absolute Gasteiger partial charge is 0.414 e. The molecule has 2 aromatic rings. The number of halogens is 3. The van der Waals surface area contributed by atoms with Gasteiger partial charge in [-0.2, -0.15) is 0 Å². The standard InChI is InChI=1S/C19H16F3N3O4/c1-10(26)23-8-14-9-25(19(27)29-14)13-5-16(21)18(17(22)6-13)11-2-3-12(7-24-28)15(20)4-11/h2-7,14,28H,8-9H2,1H3,(H,23,26)/b24-7+/t14-/m0/s1. The van der Waals surface area contributed by atoms with Gasteiger partial charge in [0.05, 0.1) is 30.6 Å². The number of cyclic esters (lactones) is 1. The van der Waals surface area contributed by atoms with E-state index in [1.54, 1.807) is 0 Å². The van der Waals surface area contributed by atoms with Gasteiger partial charge in [-0.05, 0) is 29.8 Å². The fourth-order valence-electron chi connectivity index (χ4n) is 2.94. The van der Waals surface area contributed by atoms with Crippen molar-refractivity contribution in [1.29, 1.82) is 0 Å². The van der Waals surface area contributed by atoms with E-state index in [1.807, 2.05) is 0 Å². The van der Waals surface area contributed by atoms with Crippen molar-refractivity contribution >= 4 is 23.9 Å². The van der Waals surface area contributed by atoms with E-state index >= 15 is 0 Å². The van der Waals surface area contributed by atoms with Crippen LogP contribution in [0.5, 0.6) is 0 Å². The van der Waals surface area contributed by atoms with Gasteiger partial charge in [-0.15, -0.1) is 0 Å². The minimum absolute atomic E-state index is 0.00115. The number of carbonyl (C=O) groups is 2. The van der Waals surface area contributed by atoms with Crippen molar-refractivity contribution in [3.63, 3.8) is 0 Å². The lowest BCUT2D eigenvalue weighted by Crippen LogP contribution is -2.33. The Morgan fingerprint density at radius 1 is 1.28 bits per heavy atom. The molecule has 2 amide bonds. The summed E-state index contributed by atoms with van der Waals surface area (Å²) in [5.74, 6) is -3.13. The molecule has 0 aromatic heterocycles. The predicted molar refractivity (Wildman–Crippen MR) is 97.4 cm³/mol. The first-order valence-electron chi connectivity index (χ1n) is 8.49. The second-order valence-electron chi connectivity index (χ2n) is 6.32.